The Bertz CT molecular complexity index is 1470. The molecule has 0 saturated heterocycles. The number of esters is 2. The smallest absolute Gasteiger partial charge is 0.348 e. The summed E-state index contributed by atoms with van der Waals surface area (Å²) in [6, 6.07) is 14.8. The maximum absolute atomic E-state index is 13.2. The fourth-order valence-electron chi connectivity index (χ4n) is 3.69. The van der Waals surface area contributed by atoms with Gasteiger partial charge in [-0.25, -0.2) is 9.59 Å². The average Bonchev–Trinajstić information content (AvgIpc) is 3.21. The summed E-state index contributed by atoms with van der Waals surface area (Å²) < 4.78 is 15.6. The Morgan fingerprint density at radius 1 is 1.03 bits per heavy atom. The largest absolute Gasteiger partial charge is 0.481 e. The molecule has 8 nitrogen and oxygen atoms in total. The highest BCUT2D eigenvalue weighted by atomic mass is 32.1. The predicted octanol–water partition coefficient (Wildman–Crippen LogP) is 4.92. The second kappa shape index (κ2) is 12.5. The van der Waals surface area contributed by atoms with Gasteiger partial charge in [-0.1, -0.05) is 30.3 Å². The molecule has 2 aromatic carbocycles. The van der Waals surface area contributed by atoms with Crippen molar-refractivity contribution in [2.24, 2.45) is 0 Å². The number of thiophene rings is 1. The van der Waals surface area contributed by atoms with Crippen molar-refractivity contribution in [1.29, 1.82) is 10.5 Å². The molecule has 0 aliphatic rings. The SMILES string of the molecule is CCOC(=O)COc1ccc2ccccc2c1/C=C(\C#N)C(=O)Cc1sc(C(=O)OCC)c(C)c1C#N. The van der Waals surface area contributed by atoms with Crippen LogP contribution < -0.4 is 4.74 Å². The molecule has 0 bridgehead atoms. The summed E-state index contributed by atoms with van der Waals surface area (Å²) in [7, 11) is 0. The van der Waals surface area contributed by atoms with E-state index in [9.17, 15) is 24.9 Å². The number of carbonyl (C=O) groups excluding carboxylic acids is 3. The van der Waals surface area contributed by atoms with Crippen LogP contribution in [0.25, 0.3) is 16.8 Å². The number of rotatable bonds is 10. The van der Waals surface area contributed by atoms with Crippen LogP contribution >= 0.6 is 11.3 Å². The van der Waals surface area contributed by atoms with Crippen molar-refractivity contribution in [2.75, 3.05) is 19.8 Å². The molecular weight excluding hydrogens is 492 g/mol. The first-order chi connectivity index (χ1) is 17.8. The number of hydrogen-bond acceptors (Lipinski definition) is 9. The van der Waals surface area contributed by atoms with Gasteiger partial charge < -0.3 is 14.2 Å². The standard InChI is InChI=1S/C28H24N2O6S/c1-4-34-26(32)16-36-24-11-10-18-8-6-7-9-20(18)21(24)12-19(14-29)23(31)13-25-22(15-30)17(3)27(37-25)28(33)35-5-2/h6-12H,4-5,13,16H2,1-3H3/b19-12+. The van der Waals surface area contributed by atoms with E-state index < -0.39 is 17.7 Å². The molecule has 0 N–H and O–H groups in total. The Kier molecular flexibility index (Phi) is 9.15. The van der Waals surface area contributed by atoms with E-state index in [4.69, 9.17) is 14.2 Å². The summed E-state index contributed by atoms with van der Waals surface area (Å²) in [6.45, 7) is 5.05. The lowest BCUT2D eigenvalue weighted by Crippen LogP contribution is -2.15. The molecule has 1 heterocycles. The van der Waals surface area contributed by atoms with Crippen LogP contribution in [0.2, 0.25) is 0 Å². The van der Waals surface area contributed by atoms with Crippen LogP contribution in [0.4, 0.5) is 0 Å². The molecule has 0 aliphatic carbocycles. The van der Waals surface area contributed by atoms with Crippen LogP contribution in [-0.4, -0.2) is 37.5 Å². The summed E-state index contributed by atoms with van der Waals surface area (Å²) >= 11 is 1.01. The molecule has 3 rings (SSSR count). The summed E-state index contributed by atoms with van der Waals surface area (Å²) in [6.07, 6.45) is 1.18. The molecule has 0 aliphatic heterocycles. The predicted molar refractivity (Wildman–Crippen MR) is 138 cm³/mol. The van der Waals surface area contributed by atoms with Crippen LogP contribution in [0, 0.1) is 29.6 Å². The van der Waals surface area contributed by atoms with Crippen LogP contribution in [0.15, 0.2) is 42.0 Å². The monoisotopic (exact) mass is 516 g/mol. The molecule has 1 aromatic heterocycles. The van der Waals surface area contributed by atoms with Gasteiger partial charge in [0.2, 0.25) is 0 Å². The fourth-order valence-corrected chi connectivity index (χ4v) is 4.83. The minimum atomic E-state index is -0.560. The van der Waals surface area contributed by atoms with E-state index in [1.54, 1.807) is 26.8 Å². The zero-order chi connectivity index (χ0) is 26.9. The van der Waals surface area contributed by atoms with Gasteiger partial charge in [0.05, 0.1) is 24.4 Å². The molecule has 0 atom stereocenters. The number of carbonyl (C=O) groups is 3. The first kappa shape index (κ1) is 27.1. The highest BCUT2D eigenvalue weighted by Gasteiger charge is 2.24. The second-order valence-corrected chi connectivity index (χ2v) is 8.85. The second-order valence-electron chi connectivity index (χ2n) is 7.75. The van der Waals surface area contributed by atoms with Gasteiger partial charge in [-0.15, -0.1) is 11.3 Å². The number of ketones is 1. The lowest BCUT2D eigenvalue weighted by Gasteiger charge is -2.12. The van der Waals surface area contributed by atoms with E-state index in [0.717, 1.165) is 22.1 Å². The lowest BCUT2D eigenvalue weighted by molar-refractivity contribution is -0.145. The zero-order valence-corrected chi connectivity index (χ0v) is 21.4. The maximum atomic E-state index is 13.2. The minimum absolute atomic E-state index is 0.162. The third-order valence-electron chi connectivity index (χ3n) is 5.40. The highest BCUT2D eigenvalue weighted by Crippen LogP contribution is 2.32. The Morgan fingerprint density at radius 3 is 2.43 bits per heavy atom. The van der Waals surface area contributed by atoms with Crippen LogP contribution in [0.5, 0.6) is 5.75 Å². The molecule has 3 aromatic rings. The molecule has 0 unspecified atom stereocenters. The number of Topliss-reactive ketones (excluding diaryl/α,β-unsaturated/α-hetero) is 1. The minimum Gasteiger partial charge on any atom is -0.481 e. The molecule has 0 amide bonds. The first-order valence-corrected chi connectivity index (χ1v) is 12.3. The number of allylic oxidation sites excluding steroid dienone is 1. The van der Waals surface area contributed by atoms with E-state index in [2.05, 4.69) is 0 Å². The summed E-state index contributed by atoms with van der Waals surface area (Å²) in [4.78, 5) is 37.9. The average molecular weight is 517 g/mol. The highest BCUT2D eigenvalue weighted by molar-refractivity contribution is 7.14. The fraction of sp³-hybridized carbons (Fsp3) is 0.250. The number of nitriles is 2. The Balaban J connectivity index is 2.00. The van der Waals surface area contributed by atoms with Gasteiger partial charge >= 0.3 is 11.9 Å². The van der Waals surface area contributed by atoms with Gasteiger partial charge in [-0.05, 0) is 49.2 Å². The van der Waals surface area contributed by atoms with E-state index in [0.29, 0.717) is 21.8 Å². The maximum Gasteiger partial charge on any atom is 0.348 e. The van der Waals surface area contributed by atoms with Gasteiger partial charge in [0.15, 0.2) is 12.4 Å². The van der Waals surface area contributed by atoms with Crippen LogP contribution in [0.1, 0.15) is 45.1 Å². The summed E-state index contributed by atoms with van der Waals surface area (Å²) in [5.74, 6) is -1.33. The van der Waals surface area contributed by atoms with Crippen molar-refractivity contribution in [3.63, 3.8) is 0 Å². The Morgan fingerprint density at radius 2 is 1.76 bits per heavy atom. The van der Waals surface area contributed by atoms with E-state index in [1.165, 1.54) is 6.08 Å². The molecule has 188 valence electrons. The number of hydrogen-bond donors (Lipinski definition) is 0. The third-order valence-corrected chi connectivity index (χ3v) is 6.68. The van der Waals surface area contributed by atoms with Crippen molar-refractivity contribution < 1.29 is 28.6 Å². The van der Waals surface area contributed by atoms with Gasteiger partial charge in [0, 0.05) is 16.9 Å². The normalized spacial score (nSPS) is 10.9. The molecule has 0 fully saturated rings. The van der Waals surface area contributed by atoms with Gasteiger partial charge in [0.1, 0.15) is 22.8 Å². The van der Waals surface area contributed by atoms with Gasteiger partial charge in [-0.2, -0.15) is 10.5 Å². The molecule has 0 spiro atoms. The number of fused-ring (bicyclic) bond motifs is 1. The van der Waals surface area contributed by atoms with E-state index >= 15 is 0 Å². The Hall–Kier alpha value is -4.47. The molecular formula is C28H24N2O6S. The lowest BCUT2D eigenvalue weighted by atomic mass is 9.98. The Labute approximate surface area is 218 Å². The van der Waals surface area contributed by atoms with Crippen LogP contribution in [-0.2, 0) is 25.5 Å². The molecule has 9 heteroatoms. The zero-order valence-electron chi connectivity index (χ0n) is 20.6. The quantitative estimate of drug-likeness (QED) is 0.211. The number of benzene rings is 2. The van der Waals surface area contributed by atoms with Crippen LogP contribution in [0.3, 0.4) is 0 Å². The van der Waals surface area contributed by atoms with Gasteiger partial charge in [-0.3, -0.25) is 4.79 Å². The van der Waals surface area contributed by atoms with Crippen molar-refractivity contribution in [3.8, 4) is 17.9 Å². The van der Waals surface area contributed by atoms with Crippen molar-refractivity contribution >= 4 is 45.9 Å². The summed E-state index contributed by atoms with van der Waals surface area (Å²) in [5.41, 5.74) is 0.967. The van der Waals surface area contributed by atoms with E-state index in [1.807, 2.05) is 42.5 Å². The topological polar surface area (TPSA) is 126 Å². The number of ether oxygens (including phenoxy) is 3. The molecule has 0 radical (unpaired) electrons. The van der Waals surface area contributed by atoms with Crippen molar-refractivity contribution in [1.82, 2.24) is 0 Å². The first-order valence-electron chi connectivity index (χ1n) is 11.5. The van der Waals surface area contributed by atoms with E-state index in [-0.39, 0.29) is 42.3 Å². The summed E-state index contributed by atoms with van der Waals surface area (Å²) in [5, 5.41) is 21.0. The van der Waals surface area contributed by atoms with Crippen molar-refractivity contribution in [2.45, 2.75) is 27.2 Å². The third kappa shape index (κ3) is 6.21. The number of nitrogens with zero attached hydrogens (tertiary/aromatic N) is 2. The van der Waals surface area contributed by atoms with Gasteiger partial charge in [0.25, 0.3) is 0 Å². The molecule has 37 heavy (non-hydrogen) atoms. The molecule has 0 saturated carbocycles. The van der Waals surface area contributed by atoms with Crippen molar-refractivity contribution in [3.05, 3.63) is 68.4 Å².